The fourth-order valence-corrected chi connectivity index (χ4v) is 4.30. The first-order valence-corrected chi connectivity index (χ1v) is 11.7. The molecule has 1 unspecified atom stereocenters. The van der Waals surface area contributed by atoms with Crippen LogP contribution in [0.15, 0.2) is 78.9 Å². The number of benzene rings is 3. The van der Waals surface area contributed by atoms with Crippen LogP contribution in [0.2, 0.25) is 5.02 Å². The van der Waals surface area contributed by atoms with Crippen LogP contribution >= 0.6 is 11.6 Å². The van der Waals surface area contributed by atoms with E-state index < -0.39 is 6.04 Å². The van der Waals surface area contributed by atoms with Gasteiger partial charge in [0.2, 0.25) is 5.91 Å². The second-order valence-electron chi connectivity index (χ2n) is 8.26. The number of hydrogen-bond donors (Lipinski definition) is 2. The van der Waals surface area contributed by atoms with Crippen molar-refractivity contribution in [1.82, 2.24) is 10.6 Å². The maximum absolute atomic E-state index is 12.8. The van der Waals surface area contributed by atoms with Gasteiger partial charge in [0.15, 0.2) is 0 Å². The highest BCUT2D eigenvalue weighted by atomic mass is 35.5. The summed E-state index contributed by atoms with van der Waals surface area (Å²) in [4.78, 5) is 28.0. The molecule has 0 saturated carbocycles. The van der Waals surface area contributed by atoms with Crippen molar-refractivity contribution in [3.05, 3.63) is 101 Å². The average Bonchev–Trinajstić information content (AvgIpc) is 3.38. The number of anilines is 1. The van der Waals surface area contributed by atoms with E-state index in [1.165, 1.54) is 18.5 Å². The van der Waals surface area contributed by atoms with E-state index in [0.717, 1.165) is 24.2 Å². The molecule has 0 aromatic heterocycles. The van der Waals surface area contributed by atoms with Crippen molar-refractivity contribution in [3.63, 3.8) is 0 Å². The zero-order valence-electron chi connectivity index (χ0n) is 18.5. The third kappa shape index (κ3) is 6.14. The van der Waals surface area contributed by atoms with Gasteiger partial charge in [-0.25, -0.2) is 0 Å². The summed E-state index contributed by atoms with van der Waals surface area (Å²) in [5, 5.41) is 6.33. The van der Waals surface area contributed by atoms with Gasteiger partial charge in [-0.3, -0.25) is 9.59 Å². The second-order valence-corrected chi connectivity index (χ2v) is 8.67. The third-order valence-corrected chi connectivity index (χ3v) is 6.24. The van der Waals surface area contributed by atoms with Crippen molar-refractivity contribution in [1.29, 1.82) is 0 Å². The van der Waals surface area contributed by atoms with Gasteiger partial charge in [0.1, 0.15) is 0 Å². The van der Waals surface area contributed by atoms with Crippen molar-refractivity contribution in [3.8, 4) is 0 Å². The zero-order valence-corrected chi connectivity index (χ0v) is 19.2. The fraction of sp³-hybridized carbons (Fsp3) is 0.259. The minimum Gasteiger partial charge on any atom is -0.372 e. The van der Waals surface area contributed by atoms with E-state index in [2.05, 4.69) is 39.8 Å². The van der Waals surface area contributed by atoms with Crippen LogP contribution in [0, 0.1) is 0 Å². The lowest BCUT2D eigenvalue weighted by molar-refractivity contribution is -0.121. The summed E-state index contributed by atoms with van der Waals surface area (Å²) < 4.78 is 0. The van der Waals surface area contributed by atoms with Crippen LogP contribution in [0.3, 0.4) is 0 Å². The summed E-state index contributed by atoms with van der Waals surface area (Å²) in [5.41, 5.74) is 3.53. The number of hydrogen-bond acceptors (Lipinski definition) is 3. The lowest BCUT2D eigenvalue weighted by Gasteiger charge is -2.20. The molecule has 1 fully saturated rings. The van der Waals surface area contributed by atoms with Crippen molar-refractivity contribution in [2.24, 2.45) is 0 Å². The molecule has 170 valence electrons. The molecule has 1 aliphatic heterocycles. The molecule has 33 heavy (non-hydrogen) atoms. The quantitative estimate of drug-likeness (QED) is 0.489. The standard InChI is InChI=1S/C27H28ClN3O2/c28-24-11-5-4-10-23(24)27(33)30-25(21-8-2-1-3-9-21)18-26(32)29-19-20-12-14-22(15-13-20)31-16-6-7-17-31/h1-5,8-15,25H,6-7,16-19H2,(H,29,32)(H,30,33). The highest BCUT2D eigenvalue weighted by molar-refractivity contribution is 6.33. The van der Waals surface area contributed by atoms with E-state index in [9.17, 15) is 9.59 Å². The molecule has 6 heteroatoms. The number of nitrogens with zero attached hydrogens (tertiary/aromatic N) is 1. The summed E-state index contributed by atoms with van der Waals surface area (Å²) in [6.07, 6.45) is 2.62. The molecule has 0 bridgehead atoms. The van der Waals surface area contributed by atoms with Crippen molar-refractivity contribution >= 4 is 29.1 Å². The molecule has 2 N–H and O–H groups in total. The van der Waals surface area contributed by atoms with Gasteiger partial charge < -0.3 is 15.5 Å². The summed E-state index contributed by atoms with van der Waals surface area (Å²) >= 11 is 6.18. The first-order chi connectivity index (χ1) is 16.1. The van der Waals surface area contributed by atoms with Crippen molar-refractivity contribution in [2.45, 2.75) is 31.8 Å². The largest absolute Gasteiger partial charge is 0.372 e. The fourth-order valence-electron chi connectivity index (χ4n) is 4.08. The highest BCUT2D eigenvalue weighted by Crippen LogP contribution is 2.22. The Labute approximate surface area is 199 Å². The molecule has 4 rings (SSSR count). The molecule has 5 nitrogen and oxygen atoms in total. The SMILES string of the molecule is O=C(CC(NC(=O)c1ccccc1Cl)c1ccccc1)NCc1ccc(N2CCCC2)cc1. The van der Waals surface area contributed by atoms with Gasteiger partial charge >= 0.3 is 0 Å². The Morgan fingerprint density at radius 1 is 0.879 bits per heavy atom. The first kappa shape index (κ1) is 22.9. The van der Waals surface area contributed by atoms with Crippen LogP contribution in [0.25, 0.3) is 0 Å². The summed E-state index contributed by atoms with van der Waals surface area (Å²) in [6.45, 7) is 2.66. The zero-order chi connectivity index (χ0) is 23.0. The maximum Gasteiger partial charge on any atom is 0.253 e. The van der Waals surface area contributed by atoms with E-state index in [4.69, 9.17) is 11.6 Å². The Balaban J connectivity index is 1.38. The topological polar surface area (TPSA) is 61.4 Å². The van der Waals surface area contributed by atoms with Gasteiger partial charge in [0.05, 0.1) is 23.0 Å². The lowest BCUT2D eigenvalue weighted by Crippen LogP contribution is -2.33. The number of nitrogens with one attached hydrogen (secondary N) is 2. The van der Waals surface area contributed by atoms with Gasteiger partial charge in [0, 0.05) is 25.3 Å². The average molecular weight is 462 g/mol. The summed E-state index contributed by atoms with van der Waals surface area (Å²) in [5.74, 6) is -0.438. The predicted molar refractivity (Wildman–Crippen MR) is 132 cm³/mol. The molecule has 1 aliphatic rings. The van der Waals surface area contributed by atoms with Crippen LogP contribution in [-0.4, -0.2) is 24.9 Å². The van der Waals surface area contributed by atoms with Gasteiger partial charge in [-0.2, -0.15) is 0 Å². The molecular weight excluding hydrogens is 434 g/mol. The molecule has 1 heterocycles. The minimum absolute atomic E-state index is 0.131. The van der Waals surface area contributed by atoms with Gasteiger partial charge in [0.25, 0.3) is 5.91 Å². The predicted octanol–water partition coefficient (Wildman–Crippen LogP) is 5.12. The Morgan fingerprint density at radius 2 is 1.55 bits per heavy atom. The second kappa shape index (κ2) is 11.0. The van der Waals surface area contributed by atoms with E-state index in [1.807, 2.05) is 30.3 Å². The summed E-state index contributed by atoms with van der Waals surface area (Å²) in [6, 6.07) is 24.3. The van der Waals surface area contributed by atoms with E-state index in [-0.39, 0.29) is 18.2 Å². The van der Waals surface area contributed by atoms with Crippen LogP contribution in [-0.2, 0) is 11.3 Å². The molecule has 1 saturated heterocycles. The van der Waals surface area contributed by atoms with Gasteiger partial charge in [-0.1, -0.05) is 66.2 Å². The number of carbonyl (C=O) groups excluding carboxylic acids is 2. The number of rotatable bonds is 8. The monoisotopic (exact) mass is 461 g/mol. The number of carbonyl (C=O) groups is 2. The van der Waals surface area contributed by atoms with Crippen LogP contribution in [0.5, 0.6) is 0 Å². The normalized spacial score (nSPS) is 14.0. The smallest absolute Gasteiger partial charge is 0.253 e. The van der Waals surface area contributed by atoms with Crippen LogP contribution in [0.1, 0.15) is 46.8 Å². The molecular formula is C27H28ClN3O2. The molecule has 3 aromatic carbocycles. The highest BCUT2D eigenvalue weighted by Gasteiger charge is 2.20. The molecule has 2 amide bonds. The molecule has 3 aromatic rings. The van der Waals surface area contributed by atoms with Crippen molar-refractivity contribution < 1.29 is 9.59 Å². The summed E-state index contributed by atoms with van der Waals surface area (Å²) in [7, 11) is 0. The molecule has 1 atom stereocenters. The third-order valence-electron chi connectivity index (χ3n) is 5.91. The van der Waals surface area contributed by atoms with Crippen LogP contribution in [0.4, 0.5) is 5.69 Å². The molecule has 0 radical (unpaired) electrons. The van der Waals surface area contributed by atoms with Gasteiger partial charge in [-0.15, -0.1) is 0 Å². The van der Waals surface area contributed by atoms with E-state index in [1.54, 1.807) is 24.3 Å². The minimum atomic E-state index is -0.465. The Kier molecular flexibility index (Phi) is 7.63. The van der Waals surface area contributed by atoms with E-state index in [0.29, 0.717) is 17.1 Å². The first-order valence-electron chi connectivity index (χ1n) is 11.3. The molecule has 0 spiro atoms. The maximum atomic E-state index is 12.8. The Morgan fingerprint density at radius 3 is 2.24 bits per heavy atom. The van der Waals surface area contributed by atoms with Crippen LogP contribution < -0.4 is 15.5 Å². The Hall–Kier alpha value is -3.31. The van der Waals surface area contributed by atoms with E-state index >= 15 is 0 Å². The van der Waals surface area contributed by atoms with Gasteiger partial charge in [-0.05, 0) is 48.2 Å². The number of amides is 2. The lowest BCUT2D eigenvalue weighted by atomic mass is 10.0. The Bertz CT molecular complexity index is 1080. The van der Waals surface area contributed by atoms with Crippen molar-refractivity contribution in [2.75, 3.05) is 18.0 Å². The molecule has 0 aliphatic carbocycles. The number of halogens is 1.